The number of esters is 1. The molecule has 0 N–H and O–H groups in total. The molecule has 0 amide bonds. The summed E-state index contributed by atoms with van der Waals surface area (Å²) in [5.74, 6) is 0.354. The predicted molar refractivity (Wildman–Crippen MR) is 62.0 cm³/mol. The molecule has 1 aromatic rings. The van der Waals surface area contributed by atoms with Gasteiger partial charge in [-0.3, -0.25) is 4.79 Å². The number of aldehydes is 1. The molecule has 0 atom stereocenters. The molecular formula is C11H13NO3S. The average Bonchev–Trinajstić information content (AvgIpc) is 2.29. The SMILES string of the molecule is CCOC(=O)c1ncc(C=O)cc1SCC. The molecule has 0 fully saturated rings. The third-order valence-corrected chi connectivity index (χ3v) is 2.69. The maximum absolute atomic E-state index is 11.6. The van der Waals surface area contributed by atoms with Crippen molar-refractivity contribution in [3.8, 4) is 0 Å². The summed E-state index contributed by atoms with van der Waals surface area (Å²) in [6.45, 7) is 4.02. The first kappa shape index (κ1) is 12.7. The summed E-state index contributed by atoms with van der Waals surface area (Å²) in [6, 6.07) is 1.65. The molecule has 0 spiro atoms. The fourth-order valence-electron chi connectivity index (χ4n) is 1.14. The van der Waals surface area contributed by atoms with Crippen molar-refractivity contribution in [2.75, 3.05) is 12.4 Å². The summed E-state index contributed by atoms with van der Waals surface area (Å²) >= 11 is 1.46. The molecule has 0 saturated carbocycles. The van der Waals surface area contributed by atoms with Crippen LogP contribution < -0.4 is 0 Å². The first-order valence-corrected chi connectivity index (χ1v) is 5.96. The lowest BCUT2D eigenvalue weighted by molar-refractivity contribution is 0.0514. The molecule has 0 aliphatic carbocycles. The van der Waals surface area contributed by atoms with Gasteiger partial charge in [0.05, 0.1) is 6.61 Å². The molecule has 1 rings (SSSR count). The van der Waals surface area contributed by atoms with E-state index in [1.165, 1.54) is 18.0 Å². The van der Waals surface area contributed by atoms with Crippen LogP contribution in [0.15, 0.2) is 17.2 Å². The molecule has 0 aliphatic rings. The van der Waals surface area contributed by atoms with E-state index in [-0.39, 0.29) is 5.69 Å². The summed E-state index contributed by atoms with van der Waals surface area (Å²) in [6.07, 6.45) is 2.08. The lowest BCUT2D eigenvalue weighted by atomic mass is 10.2. The van der Waals surface area contributed by atoms with Crippen LogP contribution in [0.25, 0.3) is 0 Å². The Balaban J connectivity index is 3.06. The average molecular weight is 239 g/mol. The summed E-state index contributed by atoms with van der Waals surface area (Å²) < 4.78 is 4.89. The van der Waals surface area contributed by atoms with Crippen LogP contribution in [-0.4, -0.2) is 29.6 Å². The Kier molecular flexibility index (Phi) is 4.98. The van der Waals surface area contributed by atoms with Gasteiger partial charge in [0.1, 0.15) is 0 Å². The van der Waals surface area contributed by atoms with Crippen LogP contribution in [0.5, 0.6) is 0 Å². The number of hydrogen-bond acceptors (Lipinski definition) is 5. The van der Waals surface area contributed by atoms with Gasteiger partial charge in [0.25, 0.3) is 0 Å². The van der Waals surface area contributed by atoms with Crippen LogP contribution in [0.1, 0.15) is 34.7 Å². The highest BCUT2D eigenvalue weighted by molar-refractivity contribution is 7.99. The van der Waals surface area contributed by atoms with E-state index in [9.17, 15) is 9.59 Å². The van der Waals surface area contributed by atoms with Crippen LogP contribution in [0.4, 0.5) is 0 Å². The first-order chi connectivity index (χ1) is 7.72. The lowest BCUT2D eigenvalue weighted by Gasteiger charge is -2.06. The van der Waals surface area contributed by atoms with Crippen LogP contribution in [-0.2, 0) is 4.74 Å². The molecular weight excluding hydrogens is 226 g/mol. The van der Waals surface area contributed by atoms with Gasteiger partial charge < -0.3 is 4.74 Å². The highest BCUT2D eigenvalue weighted by Gasteiger charge is 2.14. The van der Waals surface area contributed by atoms with E-state index in [0.717, 1.165) is 5.75 Å². The molecule has 16 heavy (non-hydrogen) atoms. The van der Waals surface area contributed by atoms with Crippen LogP contribution in [0.3, 0.4) is 0 Å². The maximum Gasteiger partial charge on any atom is 0.358 e. The van der Waals surface area contributed by atoms with E-state index in [1.807, 2.05) is 6.92 Å². The van der Waals surface area contributed by atoms with Gasteiger partial charge in [0, 0.05) is 16.7 Å². The van der Waals surface area contributed by atoms with E-state index in [1.54, 1.807) is 13.0 Å². The number of carbonyl (C=O) groups is 2. The zero-order valence-electron chi connectivity index (χ0n) is 9.23. The Morgan fingerprint density at radius 2 is 2.31 bits per heavy atom. The van der Waals surface area contributed by atoms with Gasteiger partial charge in [0.15, 0.2) is 12.0 Å². The second-order valence-corrected chi connectivity index (χ2v) is 4.19. The van der Waals surface area contributed by atoms with Crippen molar-refractivity contribution in [3.05, 3.63) is 23.5 Å². The number of ether oxygens (including phenoxy) is 1. The van der Waals surface area contributed by atoms with Crippen molar-refractivity contribution in [3.63, 3.8) is 0 Å². The van der Waals surface area contributed by atoms with E-state index in [4.69, 9.17) is 4.74 Å². The fourth-order valence-corrected chi connectivity index (χ4v) is 1.95. The number of rotatable bonds is 5. The fraction of sp³-hybridized carbons (Fsp3) is 0.364. The van der Waals surface area contributed by atoms with Crippen LogP contribution in [0.2, 0.25) is 0 Å². The number of thioether (sulfide) groups is 1. The minimum Gasteiger partial charge on any atom is -0.461 e. The number of aromatic nitrogens is 1. The van der Waals surface area contributed by atoms with Crippen molar-refractivity contribution in [2.45, 2.75) is 18.7 Å². The normalized spacial score (nSPS) is 9.88. The summed E-state index contributed by atoms with van der Waals surface area (Å²) in [7, 11) is 0. The number of hydrogen-bond donors (Lipinski definition) is 0. The molecule has 0 aliphatic heterocycles. The predicted octanol–water partition coefficient (Wildman–Crippen LogP) is 2.18. The van der Waals surface area contributed by atoms with Crippen molar-refractivity contribution in [2.24, 2.45) is 0 Å². The molecule has 1 heterocycles. The zero-order chi connectivity index (χ0) is 12.0. The van der Waals surface area contributed by atoms with Crippen molar-refractivity contribution in [1.82, 2.24) is 4.98 Å². The Hall–Kier alpha value is -1.36. The molecule has 1 aromatic heterocycles. The number of carbonyl (C=O) groups excluding carboxylic acids is 2. The first-order valence-electron chi connectivity index (χ1n) is 4.98. The summed E-state index contributed by atoms with van der Waals surface area (Å²) in [5.41, 5.74) is 0.739. The van der Waals surface area contributed by atoms with E-state index in [0.29, 0.717) is 23.4 Å². The Bertz CT molecular complexity index is 393. The highest BCUT2D eigenvalue weighted by atomic mass is 32.2. The van der Waals surface area contributed by atoms with Crippen LogP contribution in [0, 0.1) is 0 Å². The smallest absolute Gasteiger partial charge is 0.358 e. The Morgan fingerprint density at radius 1 is 1.56 bits per heavy atom. The zero-order valence-corrected chi connectivity index (χ0v) is 10.0. The Labute approximate surface area is 98.4 Å². The van der Waals surface area contributed by atoms with Gasteiger partial charge >= 0.3 is 5.97 Å². The number of nitrogens with zero attached hydrogens (tertiary/aromatic N) is 1. The van der Waals surface area contributed by atoms with Gasteiger partial charge in [-0.25, -0.2) is 9.78 Å². The van der Waals surface area contributed by atoms with Crippen LogP contribution >= 0.6 is 11.8 Å². The third kappa shape index (κ3) is 3.06. The van der Waals surface area contributed by atoms with E-state index < -0.39 is 5.97 Å². The van der Waals surface area contributed by atoms with Gasteiger partial charge in [-0.2, -0.15) is 0 Å². The minimum atomic E-state index is -0.448. The molecule has 86 valence electrons. The van der Waals surface area contributed by atoms with E-state index >= 15 is 0 Å². The molecule has 5 heteroatoms. The Morgan fingerprint density at radius 3 is 2.88 bits per heavy atom. The largest absolute Gasteiger partial charge is 0.461 e. The third-order valence-electron chi connectivity index (χ3n) is 1.78. The molecule has 0 radical (unpaired) electrons. The van der Waals surface area contributed by atoms with Gasteiger partial charge in [0.2, 0.25) is 0 Å². The number of pyridine rings is 1. The second kappa shape index (κ2) is 6.27. The summed E-state index contributed by atoms with van der Waals surface area (Å²) in [4.78, 5) is 26.8. The standard InChI is InChI=1S/C11H13NO3S/c1-3-15-11(14)10-9(16-4-2)5-8(7-13)6-12-10/h5-7H,3-4H2,1-2H3. The van der Waals surface area contributed by atoms with E-state index in [2.05, 4.69) is 4.98 Å². The molecule has 0 aromatic carbocycles. The topological polar surface area (TPSA) is 56.3 Å². The monoisotopic (exact) mass is 239 g/mol. The molecule has 0 saturated heterocycles. The highest BCUT2D eigenvalue weighted by Crippen LogP contribution is 2.22. The van der Waals surface area contributed by atoms with Gasteiger partial charge in [-0.1, -0.05) is 6.92 Å². The van der Waals surface area contributed by atoms with Crippen molar-refractivity contribution < 1.29 is 14.3 Å². The second-order valence-electron chi connectivity index (χ2n) is 2.89. The minimum absolute atomic E-state index is 0.277. The molecule has 4 nitrogen and oxygen atoms in total. The summed E-state index contributed by atoms with van der Waals surface area (Å²) in [5, 5.41) is 0. The van der Waals surface area contributed by atoms with Gasteiger partial charge in [-0.15, -0.1) is 11.8 Å². The maximum atomic E-state index is 11.6. The quantitative estimate of drug-likeness (QED) is 0.448. The van der Waals surface area contributed by atoms with Crippen molar-refractivity contribution >= 4 is 24.0 Å². The lowest BCUT2D eigenvalue weighted by Crippen LogP contribution is -2.09. The molecule has 0 unspecified atom stereocenters. The van der Waals surface area contributed by atoms with Crippen molar-refractivity contribution in [1.29, 1.82) is 0 Å². The molecule has 0 bridgehead atoms. The van der Waals surface area contributed by atoms with Gasteiger partial charge in [-0.05, 0) is 18.7 Å².